The Labute approximate surface area is 134 Å². The van der Waals surface area contributed by atoms with Gasteiger partial charge in [-0.2, -0.15) is 5.01 Å². The van der Waals surface area contributed by atoms with Gasteiger partial charge in [-0.3, -0.25) is 10.2 Å². The van der Waals surface area contributed by atoms with Crippen molar-refractivity contribution in [2.75, 3.05) is 20.3 Å². The summed E-state index contributed by atoms with van der Waals surface area (Å²) in [5, 5.41) is 6.58. The quantitative estimate of drug-likeness (QED) is 0.415. The van der Waals surface area contributed by atoms with Crippen molar-refractivity contribution < 1.29 is 14.3 Å². The van der Waals surface area contributed by atoms with Gasteiger partial charge in [0.25, 0.3) is 5.91 Å². The molecule has 3 N–H and O–H groups in total. The van der Waals surface area contributed by atoms with Crippen molar-refractivity contribution in [2.45, 2.75) is 12.5 Å². The molecule has 1 heterocycles. The van der Waals surface area contributed by atoms with Crippen LogP contribution in [-0.4, -0.2) is 42.3 Å². The van der Waals surface area contributed by atoms with Crippen molar-refractivity contribution in [2.24, 2.45) is 0 Å². The second kappa shape index (κ2) is 6.71. The van der Waals surface area contributed by atoms with Gasteiger partial charge in [0.05, 0.1) is 6.61 Å². The molecule has 1 saturated heterocycles. The Morgan fingerprint density at radius 2 is 2.05 bits per heavy atom. The lowest BCUT2D eigenvalue weighted by atomic mass is 9.92. The molecule has 1 atom stereocenters. The summed E-state index contributed by atoms with van der Waals surface area (Å²) in [6.07, 6.45) is 0. The summed E-state index contributed by atoms with van der Waals surface area (Å²) >= 11 is 5.05. The smallest absolute Gasteiger partial charge is 0.344 e. The Kier molecular flexibility index (Phi) is 4.94. The first kappa shape index (κ1) is 16.2. The number of carbonyl (C=O) groups excluding carboxylic acids is 2. The van der Waals surface area contributed by atoms with Crippen molar-refractivity contribution >= 4 is 29.3 Å². The van der Waals surface area contributed by atoms with E-state index < -0.39 is 17.5 Å². The molecule has 8 heteroatoms. The first-order valence-corrected chi connectivity index (χ1v) is 7.15. The number of ether oxygens (including phenoxy) is 1. The van der Waals surface area contributed by atoms with Gasteiger partial charge in [-0.15, -0.1) is 0 Å². The molecular formula is C14H18N4O3S. The molecule has 1 fully saturated rings. The fourth-order valence-corrected chi connectivity index (χ4v) is 2.31. The number of methoxy groups -OCH3 is 1. The minimum atomic E-state index is -1.12. The number of benzene rings is 1. The molecule has 1 aliphatic rings. The lowest BCUT2D eigenvalue weighted by Crippen LogP contribution is -2.51. The van der Waals surface area contributed by atoms with Crippen LogP contribution in [0.15, 0.2) is 30.3 Å². The topological polar surface area (TPSA) is 82.7 Å². The highest BCUT2D eigenvalue weighted by atomic mass is 32.1. The number of nitrogens with zero attached hydrogens (tertiary/aromatic N) is 1. The Balaban J connectivity index is 2.07. The zero-order valence-corrected chi connectivity index (χ0v) is 13.2. The summed E-state index contributed by atoms with van der Waals surface area (Å²) in [6, 6.07) is 8.50. The molecule has 0 unspecified atom stereocenters. The molecule has 0 bridgehead atoms. The number of nitrogens with one attached hydrogen (secondary N) is 3. The largest absolute Gasteiger partial charge is 0.383 e. The monoisotopic (exact) mass is 322 g/mol. The van der Waals surface area contributed by atoms with E-state index in [0.717, 1.165) is 5.01 Å². The minimum absolute atomic E-state index is 0.179. The number of hydrogen-bond acceptors (Lipinski definition) is 4. The Bertz CT molecular complexity index is 581. The second-order valence-electron chi connectivity index (χ2n) is 4.92. The highest BCUT2D eigenvalue weighted by Gasteiger charge is 2.49. The summed E-state index contributed by atoms with van der Waals surface area (Å²) in [7, 11) is 1.57. The number of imide groups is 1. The van der Waals surface area contributed by atoms with Crippen LogP contribution in [0.3, 0.4) is 0 Å². The normalized spacial score (nSPS) is 20.7. The summed E-state index contributed by atoms with van der Waals surface area (Å²) in [5.74, 6) is -0.417. The maximum Gasteiger partial charge on any atom is 0.344 e. The first-order valence-electron chi connectivity index (χ1n) is 6.74. The standard InChI is InChI=1S/C14H18N4O3S/c1-14(10-6-4-3-5-7-10)11(19)18(13(20)16-14)17-12(22)15-8-9-21-2/h3-7H,8-9H2,1-2H3,(H,16,20)(H2,15,17,22)/t14-/m0/s1. The third-order valence-corrected chi connectivity index (χ3v) is 3.58. The molecule has 3 amide bonds. The van der Waals surface area contributed by atoms with E-state index in [-0.39, 0.29) is 5.11 Å². The molecule has 1 aromatic carbocycles. The number of hydrogen-bond donors (Lipinski definition) is 3. The van der Waals surface area contributed by atoms with Gasteiger partial charge in [0.15, 0.2) is 5.11 Å². The van der Waals surface area contributed by atoms with E-state index >= 15 is 0 Å². The lowest BCUT2D eigenvalue weighted by Gasteiger charge is -2.22. The summed E-state index contributed by atoms with van der Waals surface area (Å²) in [4.78, 5) is 24.6. The Hall–Kier alpha value is -2.19. The fraction of sp³-hybridized carbons (Fsp3) is 0.357. The molecule has 0 aromatic heterocycles. The van der Waals surface area contributed by atoms with Crippen LogP contribution >= 0.6 is 12.2 Å². The first-order chi connectivity index (χ1) is 10.5. The van der Waals surface area contributed by atoms with Gasteiger partial charge in [0.1, 0.15) is 5.54 Å². The highest BCUT2D eigenvalue weighted by molar-refractivity contribution is 7.80. The van der Waals surface area contributed by atoms with E-state index in [1.54, 1.807) is 26.2 Å². The Morgan fingerprint density at radius 3 is 2.68 bits per heavy atom. The predicted molar refractivity (Wildman–Crippen MR) is 84.8 cm³/mol. The Morgan fingerprint density at radius 1 is 1.36 bits per heavy atom. The molecule has 0 radical (unpaired) electrons. The van der Waals surface area contributed by atoms with Gasteiger partial charge in [-0.25, -0.2) is 4.79 Å². The number of carbonyl (C=O) groups is 2. The van der Waals surface area contributed by atoms with Gasteiger partial charge in [0.2, 0.25) is 0 Å². The van der Waals surface area contributed by atoms with Gasteiger partial charge in [-0.05, 0) is 24.7 Å². The van der Waals surface area contributed by atoms with Gasteiger partial charge in [0, 0.05) is 13.7 Å². The van der Waals surface area contributed by atoms with E-state index in [1.165, 1.54) is 0 Å². The third-order valence-electron chi connectivity index (χ3n) is 3.35. The molecule has 0 saturated carbocycles. The number of urea groups is 1. The second-order valence-corrected chi connectivity index (χ2v) is 5.33. The number of amides is 3. The molecule has 1 aliphatic heterocycles. The summed E-state index contributed by atoms with van der Waals surface area (Å²) in [6.45, 7) is 2.59. The summed E-state index contributed by atoms with van der Waals surface area (Å²) in [5.41, 5.74) is 2.19. The highest BCUT2D eigenvalue weighted by Crippen LogP contribution is 2.27. The van der Waals surface area contributed by atoms with Crippen molar-refractivity contribution in [3.05, 3.63) is 35.9 Å². The fourth-order valence-electron chi connectivity index (χ4n) is 2.12. The zero-order chi connectivity index (χ0) is 16.2. The van der Waals surface area contributed by atoms with Crippen molar-refractivity contribution in [1.29, 1.82) is 0 Å². The summed E-state index contributed by atoms with van der Waals surface area (Å²) < 4.78 is 4.89. The van der Waals surface area contributed by atoms with E-state index in [1.807, 2.05) is 18.2 Å². The molecule has 0 aliphatic carbocycles. The van der Waals surface area contributed by atoms with E-state index in [4.69, 9.17) is 17.0 Å². The number of rotatable bonds is 5. The molecule has 0 spiro atoms. The molecular weight excluding hydrogens is 304 g/mol. The number of hydrazine groups is 1. The van der Waals surface area contributed by atoms with Gasteiger partial charge >= 0.3 is 6.03 Å². The molecule has 1 aromatic rings. The van der Waals surface area contributed by atoms with Crippen LogP contribution in [-0.2, 0) is 15.1 Å². The van der Waals surface area contributed by atoms with Crippen LogP contribution in [0.25, 0.3) is 0 Å². The minimum Gasteiger partial charge on any atom is -0.383 e. The molecule has 118 valence electrons. The zero-order valence-electron chi connectivity index (χ0n) is 12.4. The van der Waals surface area contributed by atoms with Crippen molar-refractivity contribution in [1.82, 2.24) is 21.1 Å². The maximum atomic E-state index is 12.6. The van der Waals surface area contributed by atoms with Crippen LogP contribution in [0, 0.1) is 0 Å². The molecule has 22 heavy (non-hydrogen) atoms. The average Bonchev–Trinajstić information content (AvgIpc) is 2.73. The van der Waals surface area contributed by atoms with Crippen molar-refractivity contribution in [3.63, 3.8) is 0 Å². The maximum absolute atomic E-state index is 12.6. The molecule has 2 rings (SSSR count). The van der Waals surface area contributed by atoms with E-state index in [0.29, 0.717) is 18.7 Å². The third kappa shape index (κ3) is 3.18. The SMILES string of the molecule is COCCNC(=S)NN1C(=O)N[C@@](C)(c2ccccc2)C1=O. The van der Waals surface area contributed by atoms with Crippen LogP contribution in [0.1, 0.15) is 12.5 Å². The lowest BCUT2D eigenvalue weighted by molar-refractivity contribution is -0.132. The number of thiocarbonyl (C=S) groups is 1. The average molecular weight is 322 g/mol. The van der Waals surface area contributed by atoms with Crippen molar-refractivity contribution in [3.8, 4) is 0 Å². The van der Waals surface area contributed by atoms with E-state index in [2.05, 4.69) is 16.1 Å². The molecule has 7 nitrogen and oxygen atoms in total. The predicted octanol–water partition coefficient (Wildman–Crippen LogP) is 0.479. The van der Waals surface area contributed by atoms with Gasteiger partial charge in [-0.1, -0.05) is 30.3 Å². The van der Waals surface area contributed by atoms with Gasteiger partial charge < -0.3 is 15.4 Å². The van der Waals surface area contributed by atoms with Crippen LogP contribution in [0.4, 0.5) is 4.79 Å². The van der Waals surface area contributed by atoms with E-state index in [9.17, 15) is 9.59 Å². The van der Waals surface area contributed by atoms with Crippen LogP contribution in [0.5, 0.6) is 0 Å². The van der Waals surface area contributed by atoms with Crippen LogP contribution in [0.2, 0.25) is 0 Å². The van der Waals surface area contributed by atoms with Crippen LogP contribution < -0.4 is 16.1 Å².